The number of hydrogen-bond donors (Lipinski definition) is 5. The van der Waals surface area contributed by atoms with Crippen molar-refractivity contribution >= 4 is 0 Å². The van der Waals surface area contributed by atoms with Crippen LogP contribution in [-0.2, 0) is 0 Å². The second-order valence-corrected chi connectivity index (χ2v) is 11.5. The molecule has 5 nitrogen and oxygen atoms in total. The third-order valence-corrected chi connectivity index (χ3v) is 9.06. The van der Waals surface area contributed by atoms with E-state index in [4.69, 9.17) is 0 Å². The lowest BCUT2D eigenvalue weighted by Gasteiger charge is -2.44. The van der Waals surface area contributed by atoms with Crippen LogP contribution in [0.3, 0.4) is 0 Å². The van der Waals surface area contributed by atoms with Crippen LogP contribution in [0.15, 0.2) is 47.6 Å². The van der Waals surface area contributed by atoms with Crippen LogP contribution in [0.4, 0.5) is 0 Å². The third kappa shape index (κ3) is 5.23. The van der Waals surface area contributed by atoms with Crippen molar-refractivity contribution in [1.29, 1.82) is 0 Å². The topological polar surface area (TPSA) is 101 Å². The summed E-state index contributed by atoms with van der Waals surface area (Å²) in [5.74, 6) is 1.21. The van der Waals surface area contributed by atoms with Gasteiger partial charge in [-0.25, -0.2) is 0 Å². The van der Waals surface area contributed by atoms with Crippen molar-refractivity contribution in [3.05, 3.63) is 47.6 Å². The lowest BCUT2D eigenvalue weighted by Crippen LogP contribution is -2.51. The predicted octanol–water partition coefficient (Wildman–Crippen LogP) is 3.81. The van der Waals surface area contributed by atoms with Gasteiger partial charge in [0.05, 0.1) is 18.8 Å². The van der Waals surface area contributed by atoms with Gasteiger partial charge in [-0.15, -0.1) is 0 Å². The highest BCUT2D eigenvalue weighted by Crippen LogP contribution is 2.59. The highest BCUT2D eigenvalue weighted by Gasteiger charge is 2.50. The average Bonchev–Trinajstić information content (AvgIpc) is 3.11. The van der Waals surface area contributed by atoms with E-state index in [9.17, 15) is 25.5 Å². The molecule has 0 bridgehead atoms. The van der Waals surface area contributed by atoms with Crippen LogP contribution >= 0.6 is 0 Å². The summed E-state index contributed by atoms with van der Waals surface area (Å²) >= 11 is 0. The Balaban J connectivity index is 1.78. The van der Waals surface area contributed by atoms with E-state index in [2.05, 4.69) is 32.6 Å². The second-order valence-electron chi connectivity index (χ2n) is 11.5. The Kier molecular flexibility index (Phi) is 7.82. The zero-order valence-corrected chi connectivity index (χ0v) is 20.8. The largest absolute Gasteiger partial charge is 0.393 e. The Morgan fingerprint density at radius 3 is 2.55 bits per heavy atom. The van der Waals surface area contributed by atoms with Crippen molar-refractivity contribution in [3.63, 3.8) is 0 Å². The lowest BCUT2D eigenvalue weighted by molar-refractivity contribution is -0.126. The van der Waals surface area contributed by atoms with Gasteiger partial charge in [0.2, 0.25) is 0 Å². The lowest BCUT2D eigenvalue weighted by atomic mass is 9.61. The van der Waals surface area contributed by atoms with Crippen molar-refractivity contribution in [1.82, 2.24) is 0 Å². The number of aliphatic hydroxyl groups is 5. The number of hydrogen-bond acceptors (Lipinski definition) is 5. The SMILES string of the molecule is C=C1/C(=C\C=C2/CCC[C@]3(C)[C@@H]([C@H](C)/C=C/[C@@](C)(O)C(C)(O)CO)CC[C@@H]23)C[C@@H](O)C[C@@H]1O. The Labute approximate surface area is 199 Å². The molecule has 33 heavy (non-hydrogen) atoms. The predicted molar refractivity (Wildman–Crippen MR) is 131 cm³/mol. The summed E-state index contributed by atoms with van der Waals surface area (Å²) in [6, 6.07) is 0. The van der Waals surface area contributed by atoms with Crippen molar-refractivity contribution < 1.29 is 25.5 Å². The molecule has 0 heterocycles. The van der Waals surface area contributed by atoms with Gasteiger partial charge in [-0.1, -0.05) is 50.3 Å². The molecule has 3 rings (SSSR count). The van der Waals surface area contributed by atoms with Crippen molar-refractivity contribution in [3.8, 4) is 0 Å². The highest BCUT2D eigenvalue weighted by atomic mass is 16.4. The molecule has 0 amide bonds. The van der Waals surface area contributed by atoms with E-state index in [0.29, 0.717) is 24.7 Å². The Hall–Kier alpha value is -1.24. The summed E-state index contributed by atoms with van der Waals surface area (Å²) in [5.41, 5.74) is 0.197. The van der Waals surface area contributed by atoms with E-state index in [-0.39, 0.29) is 11.3 Å². The monoisotopic (exact) mass is 460 g/mol. The van der Waals surface area contributed by atoms with E-state index in [1.165, 1.54) is 25.8 Å². The van der Waals surface area contributed by atoms with E-state index in [1.807, 2.05) is 6.08 Å². The van der Waals surface area contributed by atoms with Crippen LogP contribution in [0.25, 0.3) is 0 Å². The fourth-order valence-corrected chi connectivity index (χ4v) is 6.42. The number of rotatable bonds is 6. The number of fused-ring (bicyclic) bond motifs is 1. The summed E-state index contributed by atoms with van der Waals surface area (Å²) < 4.78 is 0. The van der Waals surface area contributed by atoms with Gasteiger partial charge >= 0.3 is 0 Å². The zero-order valence-electron chi connectivity index (χ0n) is 20.8. The molecule has 3 aliphatic rings. The fraction of sp³-hybridized carbons (Fsp3) is 0.714. The maximum Gasteiger partial charge on any atom is 0.117 e. The van der Waals surface area contributed by atoms with Crippen molar-refractivity contribution in [2.45, 2.75) is 96.1 Å². The second kappa shape index (κ2) is 9.79. The van der Waals surface area contributed by atoms with Gasteiger partial charge in [0.25, 0.3) is 0 Å². The first-order chi connectivity index (χ1) is 15.3. The minimum Gasteiger partial charge on any atom is -0.393 e. The van der Waals surface area contributed by atoms with Crippen LogP contribution in [0.1, 0.15) is 72.6 Å². The molecule has 8 atom stereocenters. The van der Waals surface area contributed by atoms with Crippen molar-refractivity contribution in [2.75, 3.05) is 6.61 Å². The molecule has 3 aliphatic carbocycles. The van der Waals surface area contributed by atoms with Crippen LogP contribution in [0.5, 0.6) is 0 Å². The number of allylic oxidation sites excluding steroid dienone is 4. The smallest absolute Gasteiger partial charge is 0.117 e. The molecule has 1 unspecified atom stereocenters. The molecule has 0 aliphatic heterocycles. The summed E-state index contributed by atoms with van der Waals surface area (Å²) in [4.78, 5) is 0. The van der Waals surface area contributed by atoms with Gasteiger partial charge in [-0.05, 0) is 86.7 Å². The zero-order chi connectivity index (χ0) is 24.6. The molecular formula is C28H44O5. The van der Waals surface area contributed by atoms with Gasteiger partial charge in [0.1, 0.15) is 11.2 Å². The Morgan fingerprint density at radius 2 is 1.88 bits per heavy atom. The molecule has 186 valence electrons. The first-order valence-electron chi connectivity index (χ1n) is 12.5. The molecule has 0 saturated heterocycles. The standard InChI is InChI=1S/C28H44O5/c1-18(12-14-27(4,32)28(5,33)17-29)23-10-11-24-20(7-6-13-26(23,24)3)8-9-21-15-22(30)16-25(31)19(21)2/h8-9,12,14,18,22-25,29-33H,2,6-7,10-11,13,15-17H2,1,3-5H3/b14-12+,20-8+,21-9-/t18-,22-,23-,24+,25+,26-,27-,28?/m1/s1. The van der Waals surface area contributed by atoms with Gasteiger partial charge in [-0.3, -0.25) is 0 Å². The highest BCUT2D eigenvalue weighted by molar-refractivity contribution is 5.38. The minimum absolute atomic E-state index is 0.167. The molecule has 0 aromatic carbocycles. The minimum atomic E-state index is -1.59. The normalized spacial score (nSPS) is 40.1. The summed E-state index contributed by atoms with van der Waals surface area (Å²) in [6.07, 6.45) is 13.3. The van der Waals surface area contributed by atoms with Crippen LogP contribution in [0.2, 0.25) is 0 Å². The summed E-state index contributed by atoms with van der Waals surface area (Å²) in [7, 11) is 0. The molecule has 5 heteroatoms. The molecule has 0 aromatic rings. The Morgan fingerprint density at radius 1 is 1.18 bits per heavy atom. The molecule has 3 fully saturated rings. The summed E-state index contributed by atoms with van der Waals surface area (Å²) in [6.45, 7) is 11.1. The molecule has 0 aromatic heterocycles. The molecule has 5 N–H and O–H groups in total. The fourth-order valence-electron chi connectivity index (χ4n) is 6.42. The Bertz CT molecular complexity index is 820. The first kappa shape index (κ1) is 26.4. The average molecular weight is 461 g/mol. The van der Waals surface area contributed by atoms with Crippen molar-refractivity contribution in [2.24, 2.45) is 23.2 Å². The third-order valence-electron chi connectivity index (χ3n) is 9.06. The summed E-state index contributed by atoms with van der Waals surface area (Å²) in [5, 5.41) is 50.6. The van der Waals surface area contributed by atoms with E-state index in [0.717, 1.165) is 36.8 Å². The molecule has 0 spiro atoms. The van der Waals surface area contributed by atoms with Gasteiger partial charge < -0.3 is 25.5 Å². The van der Waals surface area contributed by atoms with Gasteiger partial charge in [-0.2, -0.15) is 0 Å². The molecular weight excluding hydrogens is 416 g/mol. The first-order valence-corrected chi connectivity index (χ1v) is 12.5. The maximum atomic E-state index is 10.7. The molecule has 3 saturated carbocycles. The molecule has 0 radical (unpaired) electrons. The van der Waals surface area contributed by atoms with Crippen LogP contribution < -0.4 is 0 Å². The van der Waals surface area contributed by atoms with Crippen LogP contribution in [0, 0.1) is 23.2 Å². The van der Waals surface area contributed by atoms with E-state index >= 15 is 0 Å². The van der Waals surface area contributed by atoms with Gasteiger partial charge in [0, 0.05) is 6.42 Å². The maximum absolute atomic E-state index is 10.7. The number of aliphatic hydroxyl groups excluding tert-OH is 3. The van der Waals surface area contributed by atoms with Crippen LogP contribution in [-0.4, -0.2) is 55.5 Å². The van der Waals surface area contributed by atoms with E-state index in [1.54, 1.807) is 6.08 Å². The van der Waals surface area contributed by atoms with Gasteiger partial charge in [0.15, 0.2) is 0 Å². The van der Waals surface area contributed by atoms with E-state index < -0.39 is 30.0 Å². The quantitative estimate of drug-likeness (QED) is 0.388.